The minimum atomic E-state index is 0.635. The highest BCUT2D eigenvalue weighted by Gasteiger charge is 2.03. The molecule has 1 aromatic carbocycles. The van der Waals surface area contributed by atoms with E-state index >= 15 is 0 Å². The molecular formula is C11H11BrClN3. The van der Waals surface area contributed by atoms with Crippen LogP contribution in [0.4, 0.5) is 0 Å². The maximum absolute atomic E-state index is 5.83. The SMILES string of the molecule is CNCc1ccc(-n2cc(Cl)cn2)cc1Br. The molecule has 0 amide bonds. The lowest BCUT2D eigenvalue weighted by atomic mass is 10.2. The molecule has 5 heteroatoms. The molecule has 0 aliphatic heterocycles. The van der Waals surface area contributed by atoms with Crippen molar-refractivity contribution >= 4 is 27.5 Å². The average molecular weight is 301 g/mol. The van der Waals surface area contributed by atoms with Gasteiger partial charge in [-0.1, -0.05) is 33.6 Å². The van der Waals surface area contributed by atoms with Crippen LogP contribution in [0.25, 0.3) is 5.69 Å². The fourth-order valence-electron chi connectivity index (χ4n) is 1.45. The van der Waals surface area contributed by atoms with Gasteiger partial charge in [0.05, 0.1) is 16.9 Å². The summed E-state index contributed by atoms with van der Waals surface area (Å²) in [7, 11) is 1.92. The van der Waals surface area contributed by atoms with Gasteiger partial charge >= 0.3 is 0 Å². The predicted octanol–water partition coefficient (Wildman–Crippen LogP) is 3.01. The van der Waals surface area contributed by atoms with Crippen molar-refractivity contribution < 1.29 is 0 Å². The summed E-state index contributed by atoms with van der Waals surface area (Å²) in [4.78, 5) is 0. The first-order chi connectivity index (χ1) is 7.70. The number of nitrogens with one attached hydrogen (secondary N) is 1. The molecule has 0 spiro atoms. The fraction of sp³-hybridized carbons (Fsp3) is 0.182. The summed E-state index contributed by atoms with van der Waals surface area (Å²) in [6.45, 7) is 0.834. The average Bonchev–Trinajstić information content (AvgIpc) is 2.68. The lowest BCUT2D eigenvalue weighted by Gasteiger charge is -2.06. The molecular weight excluding hydrogens is 289 g/mol. The third-order valence-corrected chi connectivity index (χ3v) is 3.15. The molecule has 2 aromatic rings. The first kappa shape index (κ1) is 11.6. The molecule has 0 saturated carbocycles. The molecule has 2 rings (SSSR count). The molecule has 0 unspecified atom stereocenters. The van der Waals surface area contributed by atoms with E-state index in [-0.39, 0.29) is 0 Å². The second kappa shape index (κ2) is 4.99. The van der Waals surface area contributed by atoms with Gasteiger partial charge < -0.3 is 5.32 Å². The predicted molar refractivity (Wildman–Crippen MR) is 69.0 cm³/mol. The van der Waals surface area contributed by atoms with Crippen LogP contribution in [0.5, 0.6) is 0 Å². The zero-order valence-electron chi connectivity index (χ0n) is 8.74. The van der Waals surface area contributed by atoms with Crippen LogP contribution in [0.3, 0.4) is 0 Å². The Balaban J connectivity index is 2.34. The molecule has 0 bridgehead atoms. The van der Waals surface area contributed by atoms with Gasteiger partial charge in [0.25, 0.3) is 0 Å². The van der Waals surface area contributed by atoms with Crippen LogP contribution in [0.1, 0.15) is 5.56 Å². The summed E-state index contributed by atoms with van der Waals surface area (Å²) < 4.78 is 2.81. The Labute approximate surface area is 108 Å². The Hall–Kier alpha value is -0.840. The maximum Gasteiger partial charge on any atom is 0.0790 e. The first-order valence-corrected chi connectivity index (χ1v) is 6.01. The van der Waals surface area contributed by atoms with E-state index in [1.165, 1.54) is 5.56 Å². The Bertz CT molecular complexity index is 496. The Morgan fingerprint density at radius 1 is 1.50 bits per heavy atom. The molecule has 0 saturated heterocycles. The van der Waals surface area contributed by atoms with Crippen LogP contribution in [0, 0.1) is 0 Å². The number of benzene rings is 1. The molecule has 0 atom stereocenters. The number of hydrogen-bond donors (Lipinski definition) is 1. The van der Waals surface area contributed by atoms with E-state index in [9.17, 15) is 0 Å². The topological polar surface area (TPSA) is 29.9 Å². The van der Waals surface area contributed by atoms with Crippen molar-refractivity contribution in [2.75, 3.05) is 7.05 Å². The summed E-state index contributed by atoms with van der Waals surface area (Å²) in [6.07, 6.45) is 3.40. The van der Waals surface area contributed by atoms with Crippen LogP contribution in [-0.4, -0.2) is 16.8 Å². The van der Waals surface area contributed by atoms with E-state index in [0.717, 1.165) is 16.7 Å². The van der Waals surface area contributed by atoms with E-state index in [0.29, 0.717) is 5.02 Å². The van der Waals surface area contributed by atoms with E-state index in [1.54, 1.807) is 17.1 Å². The van der Waals surface area contributed by atoms with Gasteiger partial charge in [0.15, 0.2) is 0 Å². The van der Waals surface area contributed by atoms with E-state index < -0.39 is 0 Å². The zero-order chi connectivity index (χ0) is 11.5. The minimum Gasteiger partial charge on any atom is -0.316 e. The summed E-state index contributed by atoms with van der Waals surface area (Å²) >= 11 is 9.36. The molecule has 3 nitrogen and oxygen atoms in total. The lowest BCUT2D eigenvalue weighted by Crippen LogP contribution is -2.06. The van der Waals surface area contributed by atoms with Gasteiger partial charge in [0, 0.05) is 17.2 Å². The van der Waals surface area contributed by atoms with Crippen LogP contribution >= 0.6 is 27.5 Å². The number of rotatable bonds is 3. The summed E-state index contributed by atoms with van der Waals surface area (Å²) in [5.41, 5.74) is 2.20. The van der Waals surface area contributed by atoms with Crippen molar-refractivity contribution in [2.24, 2.45) is 0 Å². The molecule has 1 aromatic heterocycles. The lowest BCUT2D eigenvalue weighted by molar-refractivity contribution is 0.811. The maximum atomic E-state index is 5.83. The van der Waals surface area contributed by atoms with Gasteiger partial charge in [0.2, 0.25) is 0 Å². The number of aromatic nitrogens is 2. The Kier molecular flexibility index (Phi) is 3.63. The molecule has 0 radical (unpaired) electrons. The second-order valence-electron chi connectivity index (χ2n) is 3.41. The molecule has 1 N–H and O–H groups in total. The monoisotopic (exact) mass is 299 g/mol. The molecule has 16 heavy (non-hydrogen) atoms. The zero-order valence-corrected chi connectivity index (χ0v) is 11.1. The number of nitrogens with zero attached hydrogens (tertiary/aromatic N) is 2. The summed E-state index contributed by atoms with van der Waals surface area (Å²) in [5.74, 6) is 0. The molecule has 0 fully saturated rings. The van der Waals surface area contributed by atoms with Crippen LogP contribution in [0.2, 0.25) is 5.02 Å². The van der Waals surface area contributed by atoms with Gasteiger partial charge in [-0.05, 0) is 24.7 Å². The van der Waals surface area contributed by atoms with E-state index in [4.69, 9.17) is 11.6 Å². The molecule has 1 heterocycles. The number of hydrogen-bond acceptors (Lipinski definition) is 2. The summed E-state index contributed by atoms with van der Waals surface area (Å²) in [5, 5.41) is 7.90. The molecule has 84 valence electrons. The summed E-state index contributed by atoms with van der Waals surface area (Å²) in [6, 6.07) is 6.10. The quantitative estimate of drug-likeness (QED) is 0.944. The number of halogens is 2. The van der Waals surface area contributed by atoms with Gasteiger partial charge in [-0.25, -0.2) is 4.68 Å². The highest BCUT2D eigenvalue weighted by atomic mass is 79.9. The minimum absolute atomic E-state index is 0.635. The third-order valence-electron chi connectivity index (χ3n) is 2.22. The third kappa shape index (κ3) is 2.45. The molecule has 0 aliphatic carbocycles. The Morgan fingerprint density at radius 3 is 2.88 bits per heavy atom. The van der Waals surface area contributed by atoms with Crippen molar-refractivity contribution in [1.29, 1.82) is 0 Å². The normalized spacial score (nSPS) is 10.7. The van der Waals surface area contributed by atoms with Gasteiger partial charge in [-0.2, -0.15) is 5.10 Å². The van der Waals surface area contributed by atoms with Crippen molar-refractivity contribution in [3.63, 3.8) is 0 Å². The van der Waals surface area contributed by atoms with Gasteiger partial charge in [-0.3, -0.25) is 0 Å². The highest BCUT2D eigenvalue weighted by molar-refractivity contribution is 9.10. The Morgan fingerprint density at radius 2 is 2.31 bits per heavy atom. The smallest absolute Gasteiger partial charge is 0.0790 e. The standard InChI is InChI=1S/C11H11BrClN3/c1-14-5-8-2-3-10(4-11(8)12)16-7-9(13)6-15-16/h2-4,6-7,14H,5H2,1H3. The fourth-order valence-corrected chi connectivity index (χ4v) is 2.10. The van der Waals surface area contributed by atoms with E-state index in [2.05, 4.69) is 32.4 Å². The second-order valence-corrected chi connectivity index (χ2v) is 4.70. The largest absolute Gasteiger partial charge is 0.316 e. The van der Waals surface area contributed by atoms with Gasteiger partial charge in [-0.15, -0.1) is 0 Å². The van der Waals surface area contributed by atoms with Crippen LogP contribution < -0.4 is 5.32 Å². The van der Waals surface area contributed by atoms with Crippen LogP contribution in [0.15, 0.2) is 35.1 Å². The van der Waals surface area contributed by atoms with Gasteiger partial charge in [0.1, 0.15) is 0 Å². The van der Waals surface area contributed by atoms with Crippen LogP contribution in [-0.2, 0) is 6.54 Å². The highest BCUT2D eigenvalue weighted by Crippen LogP contribution is 2.21. The van der Waals surface area contributed by atoms with E-state index in [1.807, 2.05) is 19.2 Å². The first-order valence-electron chi connectivity index (χ1n) is 4.84. The van der Waals surface area contributed by atoms with Crippen molar-refractivity contribution in [3.8, 4) is 5.69 Å². The van der Waals surface area contributed by atoms with Crippen molar-refractivity contribution in [2.45, 2.75) is 6.54 Å². The van der Waals surface area contributed by atoms with Crippen molar-refractivity contribution in [1.82, 2.24) is 15.1 Å². The van der Waals surface area contributed by atoms with Crippen molar-refractivity contribution in [3.05, 3.63) is 45.7 Å². The molecule has 0 aliphatic rings.